The van der Waals surface area contributed by atoms with E-state index in [1.54, 1.807) is 0 Å². The number of nitrogens with one attached hydrogen (secondary N) is 1. The molecule has 1 aliphatic heterocycles. The van der Waals surface area contributed by atoms with Crippen LogP contribution in [0.4, 0.5) is 6.01 Å². The van der Waals surface area contributed by atoms with Crippen LogP contribution in [-0.2, 0) is 0 Å². The van der Waals surface area contributed by atoms with E-state index in [1.165, 1.54) is 24.6 Å². The summed E-state index contributed by atoms with van der Waals surface area (Å²) in [5, 5.41) is 10.6. The quantitative estimate of drug-likeness (QED) is 0.828. The molecular weight excluding hydrogens is 260 g/mol. The average molecular weight is 277 g/mol. The van der Waals surface area contributed by atoms with Crippen LogP contribution in [0.5, 0.6) is 0 Å². The van der Waals surface area contributed by atoms with E-state index in [9.17, 15) is 0 Å². The van der Waals surface area contributed by atoms with Crippen molar-refractivity contribution < 1.29 is 4.42 Å². The summed E-state index contributed by atoms with van der Waals surface area (Å²) in [5.74, 6) is 2.92. The van der Waals surface area contributed by atoms with E-state index in [0.717, 1.165) is 13.1 Å². The number of hydrogen-bond acceptors (Lipinski definition) is 6. The maximum Gasteiger partial charge on any atom is 0.315 e. The van der Waals surface area contributed by atoms with Gasteiger partial charge in [-0.05, 0) is 6.92 Å². The Morgan fingerprint density at radius 1 is 1.47 bits per heavy atom. The molecule has 1 saturated heterocycles. The lowest BCUT2D eigenvalue weighted by Crippen LogP contribution is -2.36. The summed E-state index contributed by atoms with van der Waals surface area (Å²) in [7, 11) is 0. The molecule has 2 heterocycles. The van der Waals surface area contributed by atoms with Crippen molar-refractivity contribution in [2.45, 2.75) is 12.3 Å². The predicted molar refractivity (Wildman–Crippen MR) is 70.8 cm³/mol. The number of thioether (sulfide) groups is 1. The Hall–Kier alpha value is -0.460. The Labute approximate surface area is 110 Å². The lowest BCUT2D eigenvalue weighted by atomic mass is 10.4. The van der Waals surface area contributed by atoms with Gasteiger partial charge in [0.15, 0.2) is 0 Å². The molecule has 0 aliphatic carbocycles. The Balaban J connectivity index is 1.70. The van der Waals surface area contributed by atoms with E-state index in [0.29, 0.717) is 11.9 Å². The first-order valence-electron chi connectivity index (χ1n) is 5.77. The van der Waals surface area contributed by atoms with Crippen LogP contribution in [0.1, 0.15) is 18.2 Å². The number of nitrogens with zero attached hydrogens (tertiary/aromatic N) is 3. The van der Waals surface area contributed by atoms with Gasteiger partial charge < -0.3 is 9.73 Å². The molecule has 1 aliphatic rings. The molecule has 96 valence electrons. The predicted octanol–water partition coefficient (Wildman–Crippen LogP) is 1.83. The first-order chi connectivity index (χ1) is 8.25. The molecule has 1 unspecified atom stereocenters. The molecular formula is C10H17ClN4OS. The van der Waals surface area contributed by atoms with Crippen molar-refractivity contribution in [3.8, 4) is 0 Å². The highest BCUT2D eigenvalue weighted by Gasteiger charge is 2.12. The standard InChI is InChI=1S/C10H17ClN4OS/c1-8(11)9-13-14-10(16-9)12-2-3-15-4-6-17-7-5-15/h8H,2-7H2,1H3,(H,12,14). The second-order valence-electron chi connectivity index (χ2n) is 3.94. The summed E-state index contributed by atoms with van der Waals surface area (Å²) in [6.07, 6.45) is 0. The van der Waals surface area contributed by atoms with Crippen molar-refractivity contribution in [2.75, 3.05) is 43.0 Å². The minimum Gasteiger partial charge on any atom is -0.407 e. The maximum atomic E-state index is 5.84. The minimum atomic E-state index is -0.239. The van der Waals surface area contributed by atoms with Gasteiger partial charge in [-0.15, -0.1) is 16.7 Å². The van der Waals surface area contributed by atoms with E-state index in [-0.39, 0.29) is 5.38 Å². The number of alkyl halides is 1. The first-order valence-corrected chi connectivity index (χ1v) is 7.36. The maximum absolute atomic E-state index is 5.84. The molecule has 1 atom stereocenters. The average Bonchev–Trinajstić information content (AvgIpc) is 2.79. The van der Waals surface area contributed by atoms with E-state index in [4.69, 9.17) is 16.0 Å². The van der Waals surface area contributed by atoms with Gasteiger partial charge in [-0.25, -0.2) is 0 Å². The Morgan fingerprint density at radius 2 is 2.24 bits per heavy atom. The van der Waals surface area contributed by atoms with E-state index in [2.05, 4.69) is 20.4 Å². The molecule has 0 spiro atoms. The Morgan fingerprint density at radius 3 is 2.88 bits per heavy atom. The third-order valence-corrected chi connectivity index (χ3v) is 3.72. The van der Waals surface area contributed by atoms with Crippen LogP contribution >= 0.6 is 23.4 Å². The van der Waals surface area contributed by atoms with Crippen LogP contribution < -0.4 is 5.32 Å². The highest BCUT2D eigenvalue weighted by atomic mass is 35.5. The molecule has 1 aromatic rings. The number of hydrogen-bond donors (Lipinski definition) is 1. The van der Waals surface area contributed by atoms with Crippen LogP contribution in [0.25, 0.3) is 0 Å². The number of anilines is 1. The van der Waals surface area contributed by atoms with E-state index in [1.807, 2.05) is 18.7 Å². The van der Waals surface area contributed by atoms with Gasteiger partial charge in [0.25, 0.3) is 0 Å². The number of rotatable bonds is 5. The normalized spacial score (nSPS) is 19.2. The van der Waals surface area contributed by atoms with Gasteiger partial charge >= 0.3 is 6.01 Å². The Bertz CT molecular complexity index is 341. The fourth-order valence-electron chi connectivity index (χ4n) is 1.61. The van der Waals surface area contributed by atoms with Gasteiger partial charge in [-0.3, -0.25) is 4.90 Å². The van der Waals surface area contributed by atoms with Crippen molar-refractivity contribution in [3.63, 3.8) is 0 Å². The van der Waals surface area contributed by atoms with Gasteiger partial charge in [0, 0.05) is 37.7 Å². The molecule has 1 N–H and O–H groups in total. The van der Waals surface area contributed by atoms with Gasteiger partial charge in [-0.2, -0.15) is 11.8 Å². The fraction of sp³-hybridized carbons (Fsp3) is 0.800. The zero-order valence-electron chi connectivity index (χ0n) is 9.86. The number of halogens is 1. The molecule has 0 aromatic carbocycles. The van der Waals surface area contributed by atoms with Crippen LogP contribution in [-0.4, -0.2) is 52.8 Å². The summed E-state index contributed by atoms with van der Waals surface area (Å²) >= 11 is 7.86. The zero-order chi connectivity index (χ0) is 12.1. The molecule has 2 rings (SSSR count). The highest BCUT2D eigenvalue weighted by molar-refractivity contribution is 7.99. The summed E-state index contributed by atoms with van der Waals surface area (Å²) in [4.78, 5) is 2.44. The fourth-order valence-corrected chi connectivity index (χ4v) is 2.68. The largest absolute Gasteiger partial charge is 0.407 e. The van der Waals surface area contributed by atoms with Crippen LogP contribution in [0.3, 0.4) is 0 Å². The Kier molecular flexibility index (Phi) is 4.94. The molecule has 1 fully saturated rings. The molecule has 17 heavy (non-hydrogen) atoms. The second kappa shape index (κ2) is 6.47. The minimum absolute atomic E-state index is 0.239. The second-order valence-corrected chi connectivity index (χ2v) is 5.82. The van der Waals surface area contributed by atoms with Gasteiger partial charge in [0.2, 0.25) is 5.89 Å². The van der Waals surface area contributed by atoms with Crippen molar-refractivity contribution >= 4 is 29.4 Å². The van der Waals surface area contributed by atoms with E-state index < -0.39 is 0 Å². The highest BCUT2D eigenvalue weighted by Crippen LogP contribution is 2.19. The van der Waals surface area contributed by atoms with E-state index >= 15 is 0 Å². The SMILES string of the molecule is CC(Cl)c1nnc(NCCN2CCSCC2)o1. The summed E-state index contributed by atoms with van der Waals surface area (Å²) in [5.41, 5.74) is 0. The molecule has 0 saturated carbocycles. The van der Waals surface area contributed by atoms with Crippen LogP contribution in [0, 0.1) is 0 Å². The molecule has 1 aromatic heterocycles. The summed E-state index contributed by atoms with van der Waals surface area (Å²) < 4.78 is 5.35. The van der Waals surface area contributed by atoms with Crippen molar-refractivity contribution in [2.24, 2.45) is 0 Å². The molecule has 7 heteroatoms. The van der Waals surface area contributed by atoms with Crippen molar-refractivity contribution in [1.82, 2.24) is 15.1 Å². The molecule has 5 nitrogen and oxygen atoms in total. The summed E-state index contributed by atoms with van der Waals surface area (Å²) in [6.45, 7) is 5.97. The molecule has 0 bridgehead atoms. The zero-order valence-corrected chi connectivity index (χ0v) is 11.4. The smallest absolute Gasteiger partial charge is 0.315 e. The lowest BCUT2D eigenvalue weighted by molar-refractivity contribution is 0.313. The third kappa shape index (κ3) is 4.04. The molecule has 0 amide bonds. The monoisotopic (exact) mass is 276 g/mol. The third-order valence-electron chi connectivity index (χ3n) is 2.59. The first kappa shape index (κ1) is 13.0. The van der Waals surface area contributed by atoms with Crippen molar-refractivity contribution in [1.29, 1.82) is 0 Å². The van der Waals surface area contributed by atoms with Crippen LogP contribution in [0.15, 0.2) is 4.42 Å². The van der Waals surface area contributed by atoms with Gasteiger partial charge in [-0.1, -0.05) is 5.10 Å². The topological polar surface area (TPSA) is 54.2 Å². The van der Waals surface area contributed by atoms with Gasteiger partial charge in [0.05, 0.1) is 0 Å². The molecule has 0 radical (unpaired) electrons. The van der Waals surface area contributed by atoms with Crippen molar-refractivity contribution in [3.05, 3.63) is 5.89 Å². The van der Waals surface area contributed by atoms with Gasteiger partial charge in [0.1, 0.15) is 5.38 Å². The lowest BCUT2D eigenvalue weighted by Gasteiger charge is -2.25. The van der Waals surface area contributed by atoms with Crippen LogP contribution in [0.2, 0.25) is 0 Å². The summed E-state index contributed by atoms with van der Waals surface area (Å²) in [6, 6.07) is 0.457. The number of aromatic nitrogens is 2.